The maximum absolute atomic E-state index is 9.30. The second-order valence-corrected chi connectivity index (χ2v) is 5.18. The molecule has 3 heteroatoms. The standard InChI is InChI=1S/C14H21NO2/c1-11-3-4-13(12(2)5-11)6-15-7-14(8-16)9-17-10-14/h3-5,15-16H,6-10H2,1-2H3. The molecule has 2 N–H and O–H groups in total. The molecule has 3 nitrogen and oxygen atoms in total. The Balaban J connectivity index is 1.85. The van der Waals surface area contributed by atoms with Crippen LogP contribution in [0.3, 0.4) is 0 Å². The van der Waals surface area contributed by atoms with Crippen molar-refractivity contribution < 1.29 is 9.84 Å². The highest BCUT2D eigenvalue weighted by molar-refractivity contribution is 5.30. The lowest BCUT2D eigenvalue weighted by Gasteiger charge is -2.40. The first kappa shape index (κ1) is 12.6. The van der Waals surface area contributed by atoms with Gasteiger partial charge in [-0.2, -0.15) is 0 Å². The molecule has 0 radical (unpaired) electrons. The van der Waals surface area contributed by atoms with Crippen LogP contribution in [0.5, 0.6) is 0 Å². The Kier molecular flexibility index (Phi) is 3.82. The Labute approximate surface area is 103 Å². The number of hydrogen-bond acceptors (Lipinski definition) is 3. The highest BCUT2D eigenvalue weighted by Gasteiger charge is 2.37. The van der Waals surface area contributed by atoms with E-state index in [1.54, 1.807) is 0 Å². The number of nitrogens with one attached hydrogen (secondary N) is 1. The van der Waals surface area contributed by atoms with Crippen molar-refractivity contribution in [3.05, 3.63) is 34.9 Å². The Morgan fingerprint density at radius 2 is 2.12 bits per heavy atom. The molecule has 0 amide bonds. The predicted molar refractivity (Wildman–Crippen MR) is 68.0 cm³/mol. The van der Waals surface area contributed by atoms with Crippen molar-refractivity contribution in [2.75, 3.05) is 26.4 Å². The molecule has 0 unspecified atom stereocenters. The van der Waals surface area contributed by atoms with E-state index in [2.05, 4.69) is 37.4 Å². The summed E-state index contributed by atoms with van der Waals surface area (Å²) in [4.78, 5) is 0. The minimum atomic E-state index is -0.0431. The van der Waals surface area contributed by atoms with Crippen LogP contribution in [0.25, 0.3) is 0 Å². The summed E-state index contributed by atoms with van der Waals surface area (Å²) in [5.74, 6) is 0. The van der Waals surface area contributed by atoms with Crippen molar-refractivity contribution >= 4 is 0 Å². The van der Waals surface area contributed by atoms with E-state index in [0.717, 1.165) is 13.1 Å². The average molecular weight is 235 g/mol. The molecule has 94 valence electrons. The molecular formula is C14H21NO2. The summed E-state index contributed by atoms with van der Waals surface area (Å²) >= 11 is 0. The maximum atomic E-state index is 9.30. The second-order valence-electron chi connectivity index (χ2n) is 5.18. The molecule has 0 spiro atoms. The molecule has 1 saturated heterocycles. The zero-order chi connectivity index (χ0) is 12.3. The van der Waals surface area contributed by atoms with Gasteiger partial charge in [0.1, 0.15) is 0 Å². The van der Waals surface area contributed by atoms with Gasteiger partial charge >= 0.3 is 0 Å². The van der Waals surface area contributed by atoms with Crippen LogP contribution in [0.2, 0.25) is 0 Å². The molecular weight excluding hydrogens is 214 g/mol. The molecule has 1 aliphatic rings. The van der Waals surface area contributed by atoms with Crippen LogP contribution in [0, 0.1) is 19.3 Å². The van der Waals surface area contributed by atoms with Crippen LogP contribution in [0.15, 0.2) is 18.2 Å². The first-order chi connectivity index (χ1) is 8.15. The molecule has 1 heterocycles. The van der Waals surface area contributed by atoms with Gasteiger partial charge in [0.2, 0.25) is 0 Å². The lowest BCUT2D eigenvalue weighted by Crippen LogP contribution is -2.52. The molecule has 1 aromatic carbocycles. The summed E-state index contributed by atoms with van der Waals surface area (Å²) in [6, 6.07) is 6.50. The van der Waals surface area contributed by atoms with Crippen LogP contribution in [-0.4, -0.2) is 31.5 Å². The topological polar surface area (TPSA) is 41.5 Å². The molecule has 1 aliphatic heterocycles. The quantitative estimate of drug-likeness (QED) is 0.810. The number of hydrogen-bond donors (Lipinski definition) is 2. The van der Waals surface area contributed by atoms with E-state index in [9.17, 15) is 5.11 Å². The van der Waals surface area contributed by atoms with E-state index in [0.29, 0.717) is 13.2 Å². The fraction of sp³-hybridized carbons (Fsp3) is 0.571. The fourth-order valence-corrected chi connectivity index (χ4v) is 2.15. The lowest BCUT2D eigenvalue weighted by atomic mass is 9.87. The highest BCUT2D eigenvalue weighted by Crippen LogP contribution is 2.25. The van der Waals surface area contributed by atoms with Crippen LogP contribution in [-0.2, 0) is 11.3 Å². The van der Waals surface area contributed by atoms with Gasteiger partial charge in [-0.15, -0.1) is 0 Å². The highest BCUT2D eigenvalue weighted by atomic mass is 16.5. The molecule has 1 fully saturated rings. The third-order valence-corrected chi connectivity index (χ3v) is 3.47. The van der Waals surface area contributed by atoms with Gasteiger partial charge in [0.05, 0.1) is 25.2 Å². The SMILES string of the molecule is Cc1ccc(CNCC2(CO)COC2)c(C)c1. The molecule has 17 heavy (non-hydrogen) atoms. The third kappa shape index (κ3) is 2.86. The minimum Gasteiger partial charge on any atom is -0.396 e. The minimum absolute atomic E-state index is 0.0431. The van der Waals surface area contributed by atoms with Gasteiger partial charge in [0.25, 0.3) is 0 Å². The zero-order valence-corrected chi connectivity index (χ0v) is 10.6. The number of benzene rings is 1. The Morgan fingerprint density at radius 1 is 1.35 bits per heavy atom. The van der Waals surface area contributed by atoms with E-state index < -0.39 is 0 Å². The average Bonchev–Trinajstić information content (AvgIpc) is 2.25. The van der Waals surface area contributed by atoms with Crippen molar-refractivity contribution in [1.29, 1.82) is 0 Å². The van der Waals surface area contributed by atoms with Crippen molar-refractivity contribution in [2.45, 2.75) is 20.4 Å². The first-order valence-electron chi connectivity index (χ1n) is 6.11. The fourth-order valence-electron chi connectivity index (χ4n) is 2.15. The van der Waals surface area contributed by atoms with Gasteiger partial charge in [-0.25, -0.2) is 0 Å². The Bertz CT molecular complexity index is 380. The van der Waals surface area contributed by atoms with Gasteiger partial charge in [0, 0.05) is 13.1 Å². The van der Waals surface area contributed by atoms with Crippen molar-refractivity contribution in [1.82, 2.24) is 5.32 Å². The Morgan fingerprint density at radius 3 is 2.65 bits per heavy atom. The van der Waals surface area contributed by atoms with Crippen molar-refractivity contribution in [3.63, 3.8) is 0 Å². The molecule has 0 saturated carbocycles. The zero-order valence-electron chi connectivity index (χ0n) is 10.6. The largest absolute Gasteiger partial charge is 0.396 e. The molecule has 0 bridgehead atoms. The van der Waals surface area contributed by atoms with Gasteiger partial charge in [-0.1, -0.05) is 23.8 Å². The lowest BCUT2D eigenvalue weighted by molar-refractivity contribution is -0.134. The van der Waals surface area contributed by atoms with Gasteiger partial charge in [0.15, 0.2) is 0 Å². The number of aliphatic hydroxyl groups is 1. The summed E-state index contributed by atoms with van der Waals surface area (Å²) in [6.45, 7) is 7.46. The number of rotatable bonds is 5. The molecule has 0 aromatic heterocycles. The van der Waals surface area contributed by atoms with E-state index in [1.807, 2.05) is 0 Å². The van der Waals surface area contributed by atoms with Gasteiger partial charge in [-0.05, 0) is 25.0 Å². The third-order valence-electron chi connectivity index (χ3n) is 3.47. The van der Waals surface area contributed by atoms with Crippen LogP contribution < -0.4 is 5.32 Å². The second kappa shape index (κ2) is 5.17. The van der Waals surface area contributed by atoms with E-state index in [4.69, 9.17) is 4.74 Å². The van der Waals surface area contributed by atoms with Gasteiger partial charge < -0.3 is 15.2 Å². The van der Waals surface area contributed by atoms with Crippen LogP contribution >= 0.6 is 0 Å². The Hall–Kier alpha value is -0.900. The molecule has 1 aromatic rings. The van der Waals surface area contributed by atoms with Crippen LogP contribution in [0.1, 0.15) is 16.7 Å². The number of aryl methyl sites for hydroxylation is 2. The summed E-state index contributed by atoms with van der Waals surface area (Å²) in [5, 5.41) is 12.7. The van der Waals surface area contributed by atoms with E-state index in [1.165, 1.54) is 16.7 Å². The molecule has 2 rings (SSSR count). The van der Waals surface area contributed by atoms with Crippen LogP contribution in [0.4, 0.5) is 0 Å². The van der Waals surface area contributed by atoms with E-state index >= 15 is 0 Å². The number of aliphatic hydroxyl groups excluding tert-OH is 1. The molecule has 0 atom stereocenters. The summed E-state index contributed by atoms with van der Waals surface area (Å²) in [6.07, 6.45) is 0. The first-order valence-corrected chi connectivity index (χ1v) is 6.11. The monoisotopic (exact) mass is 235 g/mol. The smallest absolute Gasteiger partial charge is 0.0579 e. The summed E-state index contributed by atoms with van der Waals surface area (Å²) in [5.41, 5.74) is 3.90. The van der Waals surface area contributed by atoms with Crippen molar-refractivity contribution in [3.8, 4) is 0 Å². The summed E-state index contributed by atoms with van der Waals surface area (Å²) in [7, 11) is 0. The summed E-state index contributed by atoms with van der Waals surface area (Å²) < 4.78 is 5.17. The predicted octanol–water partition coefficient (Wildman–Crippen LogP) is 1.40. The maximum Gasteiger partial charge on any atom is 0.0579 e. The van der Waals surface area contributed by atoms with E-state index in [-0.39, 0.29) is 12.0 Å². The molecule has 0 aliphatic carbocycles. The number of ether oxygens (including phenoxy) is 1. The van der Waals surface area contributed by atoms with Gasteiger partial charge in [-0.3, -0.25) is 0 Å². The van der Waals surface area contributed by atoms with Crippen molar-refractivity contribution in [2.24, 2.45) is 5.41 Å². The normalized spacial score (nSPS) is 17.8.